The molecular weight excluding hydrogens is 337 g/mol. The number of hydrogen-bond donors (Lipinski definition) is 2. The van der Waals surface area contributed by atoms with Gasteiger partial charge in [0.15, 0.2) is 5.78 Å². The molecule has 0 aromatic heterocycles. The van der Waals surface area contributed by atoms with Crippen LogP contribution in [0, 0.1) is 11.7 Å². The predicted molar refractivity (Wildman–Crippen MR) is 94.2 cm³/mol. The van der Waals surface area contributed by atoms with Crippen molar-refractivity contribution < 1.29 is 23.9 Å². The summed E-state index contributed by atoms with van der Waals surface area (Å²) in [5.41, 5.74) is 1.17. The van der Waals surface area contributed by atoms with E-state index in [2.05, 4.69) is 5.32 Å². The molecule has 0 aliphatic carbocycles. The van der Waals surface area contributed by atoms with Gasteiger partial charge in [0.25, 0.3) is 0 Å². The molecule has 0 bridgehead atoms. The van der Waals surface area contributed by atoms with Crippen LogP contribution in [0.15, 0.2) is 54.6 Å². The highest BCUT2D eigenvalue weighted by atomic mass is 19.1. The van der Waals surface area contributed by atoms with Crippen LogP contribution >= 0.6 is 0 Å². The number of benzene rings is 2. The average Bonchev–Trinajstić information content (AvgIpc) is 2.63. The molecule has 0 heterocycles. The third-order valence-electron chi connectivity index (χ3n) is 4.02. The molecule has 2 rings (SSSR count). The Bertz CT molecular complexity index is 774. The Morgan fingerprint density at radius 3 is 2.23 bits per heavy atom. The van der Waals surface area contributed by atoms with Gasteiger partial charge >= 0.3 is 5.97 Å². The number of carboxylic acid groups (broad SMARTS) is 1. The van der Waals surface area contributed by atoms with Gasteiger partial charge in [-0.1, -0.05) is 42.5 Å². The van der Waals surface area contributed by atoms with Crippen LogP contribution in [-0.4, -0.2) is 28.8 Å². The van der Waals surface area contributed by atoms with E-state index >= 15 is 0 Å². The van der Waals surface area contributed by atoms with E-state index in [1.165, 1.54) is 19.1 Å². The summed E-state index contributed by atoms with van der Waals surface area (Å²) in [6.07, 6.45) is 0.136. The molecule has 0 aliphatic rings. The third-order valence-corrected chi connectivity index (χ3v) is 4.02. The first kappa shape index (κ1) is 19.3. The second-order valence-corrected chi connectivity index (χ2v) is 6.09. The summed E-state index contributed by atoms with van der Waals surface area (Å²) >= 11 is 0. The van der Waals surface area contributed by atoms with Gasteiger partial charge in [-0.3, -0.25) is 14.4 Å². The fraction of sp³-hybridized carbons (Fsp3) is 0.250. The second kappa shape index (κ2) is 8.89. The standard InChI is InChI=1S/C20H20FNO4/c1-13(20(25)26)22-19(24)16(11-14-7-9-17(21)10-8-14)12-18(23)15-5-3-2-4-6-15/h2-10,13,16H,11-12H2,1H3,(H,22,24)(H,25,26)/t13-,16-/m0/s1. The molecule has 2 aromatic carbocycles. The fourth-order valence-electron chi connectivity index (χ4n) is 2.52. The highest BCUT2D eigenvalue weighted by Gasteiger charge is 2.25. The molecule has 0 saturated heterocycles. The van der Waals surface area contributed by atoms with E-state index in [9.17, 15) is 18.8 Å². The Labute approximate surface area is 150 Å². The van der Waals surface area contributed by atoms with E-state index in [4.69, 9.17) is 5.11 Å². The van der Waals surface area contributed by atoms with Gasteiger partial charge in [0.05, 0.1) is 0 Å². The Kier molecular flexibility index (Phi) is 6.60. The maximum Gasteiger partial charge on any atom is 0.325 e. The first-order chi connectivity index (χ1) is 12.4. The van der Waals surface area contributed by atoms with E-state index in [0.29, 0.717) is 11.1 Å². The number of halogens is 1. The van der Waals surface area contributed by atoms with Crippen LogP contribution in [-0.2, 0) is 16.0 Å². The van der Waals surface area contributed by atoms with Gasteiger partial charge in [0.2, 0.25) is 5.91 Å². The topological polar surface area (TPSA) is 83.5 Å². The predicted octanol–water partition coefficient (Wildman–Crippen LogP) is 2.85. The van der Waals surface area contributed by atoms with Gasteiger partial charge in [-0.2, -0.15) is 0 Å². The van der Waals surface area contributed by atoms with Crippen molar-refractivity contribution >= 4 is 17.7 Å². The van der Waals surface area contributed by atoms with Crippen LogP contribution in [0.1, 0.15) is 29.3 Å². The quantitative estimate of drug-likeness (QED) is 0.712. The van der Waals surface area contributed by atoms with Crippen molar-refractivity contribution in [2.45, 2.75) is 25.8 Å². The molecule has 2 atom stereocenters. The van der Waals surface area contributed by atoms with Crippen molar-refractivity contribution in [3.05, 3.63) is 71.5 Å². The van der Waals surface area contributed by atoms with Gasteiger partial charge in [0, 0.05) is 17.9 Å². The van der Waals surface area contributed by atoms with Crippen molar-refractivity contribution in [3.63, 3.8) is 0 Å². The number of carbonyl (C=O) groups is 3. The van der Waals surface area contributed by atoms with Crippen LogP contribution in [0.2, 0.25) is 0 Å². The first-order valence-electron chi connectivity index (χ1n) is 8.22. The van der Waals surface area contributed by atoms with E-state index in [0.717, 1.165) is 0 Å². The molecule has 5 nitrogen and oxygen atoms in total. The molecule has 136 valence electrons. The van der Waals surface area contributed by atoms with E-state index in [1.807, 2.05) is 0 Å². The summed E-state index contributed by atoms with van der Waals surface area (Å²) in [5, 5.41) is 11.4. The molecule has 0 spiro atoms. The summed E-state index contributed by atoms with van der Waals surface area (Å²) in [7, 11) is 0. The minimum Gasteiger partial charge on any atom is -0.480 e. The lowest BCUT2D eigenvalue weighted by atomic mass is 9.91. The minimum absolute atomic E-state index is 0.0699. The maximum absolute atomic E-state index is 13.1. The molecule has 2 N–H and O–H groups in total. The third kappa shape index (κ3) is 5.51. The maximum atomic E-state index is 13.1. The number of Topliss-reactive ketones (excluding diaryl/α,β-unsaturated/α-hetero) is 1. The number of amides is 1. The number of nitrogens with one attached hydrogen (secondary N) is 1. The minimum atomic E-state index is -1.16. The molecule has 0 radical (unpaired) electrons. The highest BCUT2D eigenvalue weighted by Crippen LogP contribution is 2.17. The lowest BCUT2D eigenvalue weighted by Crippen LogP contribution is -2.42. The molecule has 0 unspecified atom stereocenters. The number of aliphatic carboxylic acids is 1. The zero-order valence-corrected chi connectivity index (χ0v) is 14.3. The lowest BCUT2D eigenvalue weighted by molar-refractivity contribution is -0.141. The van der Waals surface area contributed by atoms with Gasteiger partial charge in [-0.15, -0.1) is 0 Å². The van der Waals surface area contributed by atoms with Gasteiger partial charge in [0.1, 0.15) is 11.9 Å². The zero-order valence-electron chi connectivity index (χ0n) is 14.3. The number of carbonyl (C=O) groups excluding carboxylic acids is 2. The lowest BCUT2D eigenvalue weighted by Gasteiger charge is -2.18. The molecule has 1 amide bonds. The monoisotopic (exact) mass is 357 g/mol. The van der Waals surface area contributed by atoms with Crippen LogP contribution in [0.5, 0.6) is 0 Å². The Hall–Kier alpha value is -3.02. The molecule has 2 aromatic rings. The van der Waals surface area contributed by atoms with Crippen LogP contribution in [0.3, 0.4) is 0 Å². The fourth-order valence-corrected chi connectivity index (χ4v) is 2.52. The molecule has 26 heavy (non-hydrogen) atoms. The number of hydrogen-bond acceptors (Lipinski definition) is 3. The van der Waals surface area contributed by atoms with Crippen LogP contribution in [0.4, 0.5) is 4.39 Å². The molecule has 0 fully saturated rings. The second-order valence-electron chi connectivity index (χ2n) is 6.09. The Morgan fingerprint density at radius 1 is 1.04 bits per heavy atom. The SMILES string of the molecule is C[C@H](NC(=O)[C@H](CC(=O)c1ccccc1)Cc1ccc(F)cc1)C(=O)O. The van der Waals surface area contributed by atoms with Crippen molar-refractivity contribution in [3.8, 4) is 0 Å². The Balaban J connectivity index is 2.17. The van der Waals surface area contributed by atoms with Gasteiger partial charge in [-0.25, -0.2) is 4.39 Å². The van der Waals surface area contributed by atoms with Crippen molar-refractivity contribution in [2.75, 3.05) is 0 Å². The normalized spacial score (nSPS) is 12.8. The van der Waals surface area contributed by atoms with E-state index < -0.39 is 29.7 Å². The van der Waals surface area contributed by atoms with Gasteiger partial charge < -0.3 is 10.4 Å². The summed E-state index contributed by atoms with van der Waals surface area (Å²) in [6, 6.07) is 13.2. The summed E-state index contributed by atoms with van der Waals surface area (Å²) < 4.78 is 13.1. The number of carboxylic acids is 1. The smallest absolute Gasteiger partial charge is 0.325 e. The first-order valence-corrected chi connectivity index (χ1v) is 8.22. The van der Waals surface area contributed by atoms with Crippen LogP contribution in [0.25, 0.3) is 0 Å². The molecule has 0 aliphatic heterocycles. The van der Waals surface area contributed by atoms with Crippen molar-refractivity contribution in [2.24, 2.45) is 5.92 Å². The number of ketones is 1. The summed E-state index contributed by atoms with van der Waals surface area (Å²) in [4.78, 5) is 35.9. The molecular formula is C20H20FNO4. The Morgan fingerprint density at radius 2 is 1.65 bits per heavy atom. The van der Waals surface area contributed by atoms with Gasteiger partial charge in [-0.05, 0) is 31.0 Å². The van der Waals surface area contributed by atoms with Crippen molar-refractivity contribution in [1.29, 1.82) is 0 Å². The molecule has 6 heteroatoms. The average molecular weight is 357 g/mol. The van der Waals surface area contributed by atoms with Crippen molar-refractivity contribution in [1.82, 2.24) is 5.32 Å². The molecule has 0 saturated carbocycles. The van der Waals surface area contributed by atoms with E-state index in [-0.39, 0.29) is 18.6 Å². The summed E-state index contributed by atoms with van der Waals surface area (Å²) in [5.74, 6) is -3.04. The highest BCUT2D eigenvalue weighted by molar-refractivity contribution is 5.99. The zero-order chi connectivity index (χ0) is 19.1. The largest absolute Gasteiger partial charge is 0.480 e. The van der Waals surface area contributed by atoms with Crippen LogP contribution < -0.4 is 5.32 Å². The van der Waals surface area contributed by atoms with E-state index in [1.54, 1.807) is 42.5 Å². The summed E-state index contributed by atoms with van der Waals surface area (Å²) in [6.45, 7) is 1.36. The number of rotatable bonds is 8.